The number of urea groups is 1. The average Bonchev–Trinajstić information content (AvgIpc) is 2.42. The van der Waals surface area contributed by atoms with Crippen LogP contribution in [0.2, 0.25) is 0 Å². The van der Waals surface area contributed by atoms with E-state index in [9.17, 15) is 23.1 Å². The van der Waals surface area contributed by atoms with E-state index in [1.807, 2.05) is 0 Å². The van der Waals surface area contributed by atoms with E-state index >= 15 is 0 Å². The SMILES string of the molecule is O=C(NCCCOCC(F)(F)F)NC1CCCCC1CO. The molecule has 0 heterocycles. The second-order valence-electron chi connectivity index (χ2n) is 5.26. The van der Waals surface area contributed by atoms with Gasteiger partial charge < -0.3 is 20.5 Å². The van der Waals surface area contributed by atoms with Crippen molar-refractivity contribution in [2.24, 2.45) is 5.92 Å². The van der Waals surface area contributed by atoms with Crippen molar-refractivity contribution in [2.75, 3.05) is 26.4 Å². The number of hydrogen-bond acceptors (Lipinski definition) is 3. The van der Waals surface area contributed by atoms with E-state index in [0.717, 1.165) is 25.7 Å². The number of hydrogen-bond donors (Lipinski definition) is 3. The van der Waals surface area contributed by atoms with Crippen LogP contribution in [-0.2, 0) is 4.74 Å². The normalized spacial score (nSPS) is 22.9. The summed E-state index contributed by atoms with van der Waals surface area (Å²) < 4.78 is 39.8. The number of aliphatic hydroxyl groups is 1. The Bertz CT molecular complexity index is 314. The molecule has 0 bridgehead atoms. The van der Waals surface area contributed by atoms with Crippen LogP contribution in [-0.4, -0.2) is 49.7 Å². The third-order valence-electron chi connectivity index (χ3n) is 3.48. The van der Waals surface area contributed by atoms with E-state index in [4.69, 9.17) is 0 Å². The fraction of sp³-hybridized carbons (Fsp3) is 0.923. The Balaban J connectivity index is 2.08. The molecule has 2 unspecified atom stereocenters. The fourth-order valence-corrected chi connectivity index (χ4v) is 2.40. The fourth-order valence-electron chi connectivity index (χ4n) is 2.40. The zero-order chi connectivity index (χ0) is 15.7. The summed E-state index contributed by atoms with van der Waals surface area (Å²) in [5.74, 6) is 0.0830. The highest BCUT2D eigenvalue weighted by Gasteiger charge is 2.27. The second kappa shape index (κ2) is 9.09. The molecule has 0 aromatic carbocycles. The maximum atomic E-state index is 11.8. The summed E-state index contributed by atoms with van der Waals surface area (Å²) >= 11 is 0. The predicted octanol–water partition coefficient (Wildman–Crippen LogP) is 1.81. The van der Waals surface area contributed by atoms with Gasteiger partial charge in [0.15, 0.2) is 0 Å². The van der Waals surface area contributed by atoms with Crippen LogP contribution < -0.4 is 10.6 Å². The number of halogens is 3. The highest BCUT2D eigenvalue weighted by Crippen LogP contribution is 2.23. The number of aliphatic hydroxyl groups excluding tert-OH is 1. The quantitative estimate of drug-likeness (QED) is 0.628. The number of rotatable bonds is 7. The molecule has 21 heavy (non-hydrogen) atoms. The molecule has 1 fully saturated rings. The van der Waals surface area contributed by atoms with Gasteiger partial charge in [0, 0.05) is 31.7 Å². The van der Waals surface area contributed by atoms with Crippen LogP contribution in [0.4, 0.5) is 18.0 Å². The number of carbonyl (C=O) groups is 1. The van der Waals surface area contributed by atoms with Crippen molar-refractivity contribution in [3.8, 4) is 0 Å². The topological polar surface area (TPSA) is 70.6 Å². The molecule has 2 atom stereocenters. The number of ether oxygens (including phenoxy) is 1. The molecule has 0 aromatic heterocycles. The zero-order valence-electron chi connectivity index (χ0n) is 11.9. The van der Waals surface area contributed by atoms with Crippen LogP contribution in [0, 0.1) is 5.92 Å². The van der Waals surface area contributed by atoms with Gasteiger partial charge >= 0.3 is 12.2 Å². The van der Waals surface area contributed by atoms with Crippen LogP contribution in [0.3, 0.4) is 0 Å². The van der Waals surface area contributed by atoms with E-state index in [0.29, 0.717) is 6.42 Å². The van der Waals surface area contributed by atoms with Gasteiger partial charge in [-0.05, 0) is 19.3 Å². The minimum Gasteiger partial charge on any atom is -0.396 e. The predicted molar refractivity (Wildman–Crippen MR) is 70.9 cm³/mol. The van der Waals surface area contributed by atoms with E-state index in [2.05, 4.69) is 15.4 Å². The Morgan fingerprint density at radius 3 is 2.67 bits per heavy atom. The summed E-state index contributed by atoms with van der Waals surface area (Å²) in [6.07, 6.45) is -0.183. The third kappa shape index (κ3) is 8.11. The van der Waals surface area contributed by atoms with E-state index in [1.54, 1.807) is 0 Å². The number of carbonyl (C=O) groups excluding carboxylic acids is 1. The van der Waals surface area contributed by atoms with Crippen molar-refractivity contribution >= 4 is 6.03 Å². The molecule has 2 amide bonds. The van der Waals surface area contributed by atoms with Crippen LogP contribution in [0.15, 0.2) is 0 Å². The van der Waals surface area contributed by atoms with Gasteiger partial charge in [-0.2, -0.15) is 13.2 Å². The van der Waals surface area contributed by atoms with E-state index < -0.39 is 12.8 Å². The van der Waals surface area contributed by atoms with Crippen molar-refractivity contribution in [3.63, 3.8) is 0 Å². The molecule has 1 aliphatic carbocycles. The molecule has 0 spiro atoms. The van der Waals surface area contributed by atoms with Crippen molar-refractivity contribution in [3.05, 3.63) is 0 Å². The molecule has 0 saturated heterocycles. The molecule has 124 valence electrons. The van der Waals surface area contributed by atoms with Crippen molar-refractivity contribution < 1.29 is 27.8 Å². The Labute approximate surface area is 122 Å². The standard InChI is InChI=1S/C13H23F3N2O3/c14-13(15,16)9-21-7-3-6-17-12(20)18-11-5-2-1-4-10(11)8-19/h10-11,19H,1-9H2,(H2,17,18,20). The first kappa shape index (κ1) is 18.0. The molecule has 0 aliphatic heterocycles. The first-order chi connectivity index (χ1) is 9.92. The van der Waals surface area contributed by atoms with E-state index in [1.165, 1.54) is 0 Å². The zero-order valence-corrected chi connectivity index (χ0v) is 11.9. The Kier molecular flexibility index (Phi) is 7.81. The van der Waals surface area contributed by atoms with Gasteiger partial charge in [-0.3, -0.25) is 0 Å². The number of amides is 2. The smallest absolute Gasteiger partial charge is 0.396 e. The van der Waals surface area contributed by atoms with Gasteiger partial charge in [-0.25, -0.2) is 4.79 Å². The minimum absolute atomic E-state index is 0.0368. The second-order valence-corrected chi connectivity index (χ2v) is 5.26. The highest BCUT2D eigenvalue weighted by atomic mass is 19.4. The Morgan fingerprint density at radius 1 is 1.29 bits per heavy atom. The van der Waals surface area contributed by atoms with Crippen molar-refractivity contribution in [2.45, 2.75) is 44.3 Å². The summed E-state index contributed by atoms with van der Waals surface area (Å²) in [5, 5.41) is 14.6. The van der Waals surface area contributed by atoms with Crippen molar-refractivity contribution in [1.82, 2.24) is 10.6 Å². The summed E-state index contributed by atoms with van der Waals surface area (Å²) in [5.41, 5.74) is 0. The van der Waals surface area contributed by atoms with E-state index in [-0.39, 0.29) is 37.7 Å². The maximum Gasteiger partial charge on any atom is 0.411 e. The molecule has 0 aromatic rings. The van der Waals surface area contributed by atoms with Gasteiger partial charge in [-0.15, -0.1) is 0 Å². The average molecular weight is 312 g/mol. The highest BCUT2D eigenvalue weighted by molar-refractivity contribution is 5.74. The molecular weight excluding hydrogens is 289 g/mol. The largest absolute Gasteiger partial charge is 0.411 e. The van der Waals surface area contributed by atoms with Crippen LogP contribution in [0.5, 0.6) is 0 Å². The lowest BCUT2D eigenvalue weighted by Gasteiger charge is -2.30. The summed E-state index contributed by atoms with van der Waals surface area (Å²) in [6.45, 7) is -1.02. The maximum absolute atomic E-state index is 11.8. The molecule has 3 N–H and O–H groups in total. The first-order valence-electron chi connectivity index (χ1n) is 7.22. The summed E-state index contributed by atoms with van der Waals surface area (Å²) in [7, 11) is 0. The molecule has 5 nitrogen and oxygen atoms in total. The molecule has 1 rings (SSSR count). The lowest BCUT2D eigenvalue weighted by molar-refractivity contribution is -0.173. The molecule has 1 aliphatic rings. The lowest BCUT2D eigenvalue weighted by Crippen LogP contribution is -2.47. The number of alkyl halides is 3. The summed E-state index contributed by atoms with van der Waals surface area (Å²) in [6, 6.07) is -0.388. The molecular formula is C13H23F3N2O3. The monoisotopic (exact) mass is 312 g/mol. The molecule has 0 radical (unpaired) electrons. The van der Waals surface area contributed by atoms with Gasteiger partial charge in [0.1, 0.15) is 6.61 Å². The lowest BCUT2D eigenvalue weighted by atomic mass is 9.85. The van der Waals surface area contributed by atoms with Crippen LogP contribution in [0.1, 0.15) is 32.1 Å². The Hall–Kier alpha value is -1.02. The van der Waals surface area contributed by atoms with Gasteiger partial charge in [0.2, 0.25) is 0 Å². The van der Waals surface area contributed by atoms with Crippen molar-refractivity contribution in [1.29, 1.82) is 0 Å². The number of nitrogens with one attached hydrogen (secondary N) is 2. The minimum atomic E-state index is -4.31. The molecule has 1 saturated carbocycles. The van der Waals surface area contributed by atoms with Gasteiger partial charge in [0.05, 0.1) is 0 Å². The first-order valence-corrected chi connectivity index (χ1v) is 7.22. The Morgan fingerprint density at radius 2 is 2.00 bits per heavy atom. The summed E-state index contributed by atoms with van der Waals surface area (Å²) in [4.78, 5) is 11.6. The third-order valence-corrected chi connectivity index (χ3v) is 3.48. The van der Waals surface area contributed by atoms with Crippen LogP contribution >= 0.6 is 0 Å². The van der Waals surface area contributed by atoms with Gasteiger partial charge in [-0.1, -0.05) is 12.8 Å². The van der Waals surface area contributed by atoms with Gasteiger partial charge in [0.25, 0.3) is 0 Å². The molecule has 8 heteroatoms. The van der Waals surface area contributed by atoms with Crippen LogP contribution in [0.25, 0.3) is 0 Å².